The highest BCUT2D eigenvalue weighted by atomic mass is 32.1. The van der Waals surface area contributed by atoms with Gasteiger partial charge in [-0.05, 0) is 97.8 Å². The summed E-state index contributed by atoms with van der Waals surface area (Å²) in [7, 11) is 1.70. The second kappa shape index (κ2) is 9.26. The number of hydrogen-bond donors (Lipinski definition) is 0. The molecular weight excluding hydrogens is 442 g/mol. The van der Waals surface area contributed by atoms with Crippen LogP contribution < -0.4 is 9.64 Å². The Kier molecular flexibility index (Phi) is 6.03. The summed E-state index contributed by atoms with van der Waals surface area (Å²) in [5.41, 5.74) is 5.83. The summed E-state index contributed by atoms with van der Waals surface area (Å²) < 4.78 is 5.38. The molecule has 0 radical (unpaired) electrons. The summed E-state index contributed by atoms with van der Waals surface area (Å²) in [5.74, 6) is 0.852. The van der Waals surface area contributed by atoms with Gasteiger partial charge in [0.15, 0.2) is 0 Å². The van der Waals surface area contributed by atoms with Crippen LogP contribution in [0.2, 0.25) is 0 Å². The van der Waals surface area contributed by atoms with Crippen LogP contribution in [0.3, 0.4) is 0 Å². The lowest BCUT2D eigenvalue weighted by Crippen LogP contribution is -2.09. The molecule has 3 aromatic carbocycles. The molecule has 0 unspecified atom stereocenters. The SMILES string of the molecule is COc1ccc(N(c2ccc(-c3ccc(C)s3)cc2)c2ccc(-c3ccc(C)s3)cc2)cc1. The molecular formula is C29H25NOS2. The highest BCUT2D eigenvalue weighted by Crippen LogP contribution is 2.38. The lowest BCUT2D eigenvalue weighted by atomic mass is 10.1. The summed E-state index contributed by atoms with van der Waals surface area (Å²) in [6, 6.07) is 34.6. The number of thiophene rings is 2. The van der Waals surface area contributed by atoms with Gasteiger partial charge in [0.25, 0.3) is 0 Å². The summed E-state index contributed by atoms with van der Waals surface area (Å²) in [6.07, 6.45) is 0. The lowest BCUT2D eigenvalue weighted by Gasteiger charge is -2.26. The number of methoxy groups -OCH3 is 1. The molecule has 0 amide bonds. The standard InChI is InChI=1S/C29H25NOS2/c1-20-4-18-28(32-20)22-6-10-24(11-7-22)30(26-14-16-27(31-3)17-15-26)25-12-8-23(9-13-25)29-19-5-21(2)33-29/h4-19H,1-3H3. The molecule has 164 valence electrons. The first-order valence-electron chi connectivity index (χ1n) is 10.9. The Morgan fingerprint density at radius 1 is 0.515 bits per heavy atom. The van der Waals surface area contributed by atoms with Crippen LogP contribution in [0.15, 0.2) is 97.1 Å². The van der Waals surface area contributed by atoms with Crippen molar-refractivity contribution < 1.29 is 4.74 Å². The van der Waals surface area contributed by atoms with Gasteiger partial charge in [0.05, 0.1) is 7.11 Å². The van der Waals surface area contributed by atoms with E-state index in [9.17, 15) is 0 Å². The zero-order chi connectivity index (χ0) is 22.8. The van der Waals surface area contributed by atoms with Gasteiger partial charge in [-0.1, -0.05) is 24.3 Å². The number of anilines is 3. The van der Waals surface area contributed by atoms with Crippen LogP contribution in [0.1, 0.15) is 9.75 Å². The zero-order valence-electron chi connectivity index (χ0n) is 18.9. The van der Waals surface area contributed by atoms with Crippen molar-refractivity contribution in [3.8, 4) is 26.6 Å². The fraction of sp³-hybridized carbons (Fsp3) is 0.103. The number of nitrogens with zero attached hydrogens (tertiary/aromatic N) is 1. The first kappa shape index (κ1) is 21.5. The van der Waals surface area contributed by atoms with E-state index in [1.807, 2.05) is 34.8 Å². The summed E-state index contributed by atoms with van der Waals surface area (Å²) in [6.45, 7) is 4.30. The lowest BCUT2D eigenvalue weighted by molar-refractivity contribution is 0.415. The number of hydrogen-bond acceptors (Lipinski definition) is 4. The van der Waals surface area contributed by atoms with E-state index >= 15 is 0 Å². The molecule has 0 saturated carbocycles. The molecule has 5 aromatic rings. The van der Waals surface area contributed by atoms with Gasteiger partial charge in [0.2, 0.25) is 0 Å². The van der Waals surface area contributed by atoms with Crippen molar-refractivity contribution in [2.75, 3.05) is 12.0 Å². The number of benzene rings is 3. The van der Waals surface area contributed by atoms with E-state index in [1.54, 1.807) is 7.11 Å². The van der Waals surface area contributed by atoms with Crippen LogP contribution in [-0.2, 0) is 0 Å². The zero-order valence-corrected chi connectivity index (χ0v) is 20.5. The molecule has 0 N–H and O–H groups in total. The van der Waals surface area contributed by atoms with Crippen LogP contribution in [0.5, 0.6) is 5.75 Å². The molecule has 2 aromatic heterocycles. The second-order valence-corrected chi connectivity index (χ2v) is 10.5. The minimum Gasteiger partial charge on any atom is -0.497 e. The van der Waals surface area contributed by atoms with Gasteiger partial charge < -0.3 is 9.64 Å². The molecule has 0 bridgehead atoms. The van der Waals surface area contributed by atoms with Gasteiger partial charge in [0, 0.05) is 36.6 Å². The Hall–Kier alpha value is -3.34. The van der Waals surface area contributed by atoms with Crippen LogP contribution in [0.4, 0.5) is 17.1 Å². The maximum atomic E-state index is 5.38. The molecule has 2 nitrogen and oxygen atoms in total. The van der Waals surface area contributed by atoms with Gasteiger partial charge in [-0.3, -0.25) is 0 Å². The fourth-order valence-corrected chi connectivity index (χ4v) is 5.65. The van der Waals surface area contributed by atoms with E-state index in [0.717, 1.165) is 22.8 Å². The summed E-state index contributed by atoms with van der Waals surface area (Å²) in [5, 5.41) is 0. The van der Waals surface area contributed by atoms with Gasteiger partial charge in [-0.2, -0.15) is 0 Å². The van der Waals surface area contributed by atoms with Gasteiger partial charge in [-0.15, -0.1) is 22.7 Å². The molecule has 0 aliphatic rings. The number of rotatable bonds is 6. The third-order valence-electron chi connectivity index (χ3n) is 5.63. The Bertz CT molecular complexity index is 1260. The average Bonchev–Trinajstić information content (AvgIpc) is 3.49. The van der Waals surface area contributed by atoms with Crippen molar-refractivity contribution in [3.05, 3.63) is 107 Å². The third-order valence-corrected chi connectivity index (χ3v) is 7.73. The molecule has 0 aliphatic carbocycles. The van der Waals surface area contributed by atoms with E-state index in [1.165, 1.54) is 30.6 Å². The minimum absolute atomic E-state index is 0.852. The highest BCUT2D eigenvalue weighted by molar-refractivity contribution is 7.15. The maximum absolute atomic E-state index is 5.38. The molecule has 0 saturated heterocycles. The highest BCUT2D eigenvalue weighted by Gasteiger charge is 2.14. The number of ether oxygens (including phenoxy) is 1. The predicted octanol–water partition coefficient (Wildman–Crippen LogP) is 9.24. The summed E-state index contributed by atoms with van der Waals surface area (Å²) in [4.78, 5) is 7.54. The molecule has 0 fully saturated rings. The first-order valence-corrected chi connectivity index (χ1v) is 12.5. The van der Waals surface area contributed by atoms with Crippen LogP contribution in [0, 0.1) is 13.8 Å². The topological polar surface area (TPSA) is 12.5 Å². The van der Waals surface area contributed by atoms with Crippen molar-refractivity contribution in [2.45, 2.75) is 13.8 Å². The average molecular weight is 468 g/mol. The van der Waals surface area contributed by atoms with Crippen LogP contribution in [0.25, 0.3) is 20.9 Å². The monoisotopic (exact) mass is 467 g/mol. The molecule has 2 heterocycles. The number of aryl methyl sites for hydroxylation is 2. The molecule has 0 spiro atoms. The van der Waals surface area contributed by atoms with E-state index in [0.29, 0.717) is 0 Å². The van der Waals surface area contributed by atoms with E-state index in [-0.39, 0.29) is 0 Å². The smallest absolute Gasteiger partial charge is 0.119 e. The normalized spacial score (nSPS) is 10.9. The van der Waals surface area contributed by atoms with E-state index in [2.05, 4.69) is 104 Å². The van der Waals surface area contributed by atoms with Crippen molar-refractivity contribution in [1.82, 2.24) is 0 Å². The first-order chi connectivity index (χ1) is 16.1. The van der Waals surface area contributed by atoms with Gasteiger partial charge in [0.1, 0.15) is 5.75 Å². The van der Waals surface area contributed by atoms with Crippen molar-refractivity contribution >= 4 is 39.7 Å². The van der Waals surface area contributed by atoms with E-state index < -0.39 is 0 Å². The predicted molar refractivity (Wildman–Crippen MR) is 144 cm³/mol. The van der Waals surface area contributed by atoms with Crippen molar-refractivity contribution in [3.63, 3.8) is 0 Å². The second-order valence-electron chi connectivity index (χ2n) is 7.95. The third kappa shape index (κ3) is 4.58. The maximum Gasteiger partial charge on any atom is 0.119 e. The molecule has 0 aliphatic heterocycles. The Morgan fingerprint density at radius 3 is 1.24 bits per heavy atom. The molecule has 4 heteroatoms. The summed E-state index contributed by atoms with van der Waals surface area (Å²) >= 11 is 3.65. The van der Waals surface area contributed by atoms with Gasteiger partial charge in [-0.25, -0.2) is 0 Å². The minimum atomic E-state index is 0.852. The Balaban J connectivity index is 1.53. The van der Waals surface area contributed by atoms with Gasteiger partial charge >= 0.3 is 0 Å². The quantitative estimate of drug-likeness (QED) is 0.247. The van der Waals surface area contributed by atoms with Crippen molar-refractivity contribution in [2.24, 2.45) is 0 Å². The van der Waals surface area contributed by atoms with Crippen molar-refractivity contribution in [1.29, 1.82) is 0 Å². The van der Waals surface area contributed by atoms with Crippen LogP contribution >= 0.6 is 22.7 Å². The molecule has 5 rings (SSSR count). The fourth-order valence-electron chi connectivity index (χ4n) is 3.91. The molecule has 0 atom stereocenters. The Labute approximate surface area is 203 Å². The molecule has 33 heavy (non-hydrogen) atoms. The largest absolute Gasteiger partial charge is 0.497 e. The van der Waals surface area contributed by atoms with E-state index in [4.69, 9.17) is 4.74 Å². The Morgan fingerprint density at radius 2 is 0.909 bits per heavy atom. The van der Waals surface area contributed by atoms with Crippen LogP contribution in [-0.4, -0.2) is 7.11 Å².